The number of aryl methyl sites for hydroxylation is 2. The quantitative estimate of drug-likeness (QED) is 0.843. The highest BCUT2D eigenvalue weighted by atomic mass is 32.2. The van der Waals surface area contributed by atoms with Gasteiger partial charge in [0.2, 0.25) is 10.0 Å². The SMILES string of the molecule is Cc1cc(S(=O)(=O)NC(CO)CC(C)C)c(C)s1. The molecule has 0 aromatic carbocycles. The normalized spacial score (nSPS) is 14.1. The zero-order chi connectivity index (χ0) is 13.9. The standard InChI is InChI=1S/C12H21NO3S2/c1-8(2)5-11(7-14)13-18(15,16)12-6-9(3)17-10(12)4/h6,8,11,13-14H,5,7H2,1-4H3. The van der Waals surface area contributed by atoms with Crippen LogP contribution >= 0.6 is 11.3 Å². The van der Waals surface area contributed by atoms with Crippen molar-refractivity contribution >= 4 is 21.4 Å². The fourth-order valence-electron chi connectivity index (χ4n) is 1.89. The maximum Gasteiger partial charge on any atom is 0.242 e. The Labute approximate surface area is 113 Å². The molecule has 1 rings (SSSR count). The van der Waals surface area contributed by atoms with E-state index in [1.807, 2.05) is 20.8 Å². The Kier molecular flexibility index (Phi) is 5.33. The average molecular weight is 291 g/mol. The van der Waals surface area contributed by atoms with Crippen molar-refractivity contribution in [3.63, 3.8) is 0 Å². The molecule has 6 heteroatoms. The van der Waals surface area contributed by atoms with Crippen LogP contribution in [-0.4, -0.2) is 26.2 Å². The Morgan fingerprint density at radius 3 is 2.39 bits per heavy atom. The predicted octanol–water partition coefficient (Wildman–Crippen LogP) is 2.05. The highest BCUT2D eigenvalue weighted by Gasteiger charge is 2.23. The molecule has 1 heterocycles. The number of thiophene rings is 1. The summed E-state index contributed by atoms with van der Waals surface area (Å²) in [6, 6.07) is 1.25. The maximum atomic E-state index is 12.2. The van der Waals surface area contributed by atoms with E-state index in [2.05, 4.69) is 4.72 Å². The summed E-state index contributed by atoms with van der Waals surface area (Å²) in [6.45, 7) is 7.49. The number of rotatable bonds is 6. The predicted molar refractivity (Wildman–Crippen MR) is 74.4 cm³/mol. The maximum absolute atomic E-state index is 12.2. The minimum absolute atomic E-state index is 0.181. The third-order valence-corrected chi connectivity index (χ3v) is 5.32. The van der Waals surface area contributed by atoms with Gasteiger partial charge < -0.3 is 5.11 Å². The summed E-state index contributed by atoms with van der Waals surface area (Å²) < 4.78 is 27.0. The van der Waals surface area contributed by atoms with Crippen LogP contribution in [0.4, 0.5) is 0 Å². The lowest BCUT2D eigenvalue weighted by Gasteiger charge is -2.18. The molecule has 0 aliphatic heterocycles. The Morgan fingerprint density at radius 1 is 1.39 bits per heavy atom. The third-order valence-electron chi connectivity index (χ3n) is 2.58. The molecule has 0 amide bonds. The molecule has 0 aliphatic rings. The van der Waals surface area contributed by atoms with Gasteiger partial charge in [-0.05, 0) is 32.3 Å². The van der Waals surface area contributed by atoms with Crippen molar-refractivity contribution in [1.29, 1.82) is 0 Å². The van der Waals surface area contributed by atoms with Crippen LogP contribution < -0.4 is 4.72 Å². The van der Waals surface area contributed by atoms with Gasteiger partial charge in [-0.25, -0.2) is 13.1 Å². The van der Waals surface area contributed by atoms with Crippen molar-refractivity contribution in [3.05, 3.63) is 15.8 Å². The highest BCUT2D eigenvalue weighted by Crippen LogP contribution is 2.25. The van der Waals surface area contributed by atoms with Gasteiger partial charge in [0.15, 0.2) is 0 Å². The van der Waals surface area contributed by atoms with Crippen molar-refractivity contribution in [2.75, 3.05) is 6.61 Å². The molecule has 104 valence electrons. The summed E-state index contributed by atoms with van der Waals surface area (Å²) in [5.41, 5.74) is 0. The van der Waals surface area contributed by atoms with Crippen LogP contribution in [0, 0.1) is 19.8 Å². The van der Waals surface area contributed by atoms with Crippen molar-refractivity contribution in [3.8, 4) is 0 Å². The molecule has 0 spiro atoms. The summed E-state index contributed by atoms with van der Waals surface area (Å²) in [4.78, 5) is 2.07. The third kappa shape index (κ3) is 4.05. The van der Waals surface area contributed by atoms with E-state index in [4.69, 9.17) is 0 Å². The van der Waals surface area contributed by atoms with Crippen LogP contribution in [0.25, 0.3) is 0 Å². The molecule has 0 saturated heterocycles. The molecule has 0 aliphatic carbocycles. The van der Waals surface area contributed by atoms with Crippen molar-refractivity contribution < 1.29 is 13.5 Å². The zero-order valence-electron chi connectivity index (χ0n) is 11.2. The van der Waals surface area contributed by atoms with E-state index in [-0.39, 0.29) is 6.61 Å². The average Bonchev–Trinajstić information content (AvgIpc) is 2.56. The summed E-state index contributed by atoms with van der Waals surface area (Å²) in [5, 5.41) is 9.24. The second-order valence-corrected chi connectivity index (χ2v) is 8.05. The number of hydrogen-bond acceptors (Lipinski definition) is 4. The summed E-state index contributed by atoms with van der Waals surface area (Å²) in [6.07, 6.45) is 0.623. The van der Waals surface area contributed by atoms with E-state index >= 15 is 0 Å². The van der Waals surface area contributed by atoms with Crippen LogP contribution in [0.2, 0.25) is 0 Å². The second-order valence-electron chi connectivity index (χ2n) is 4.91. The zero-order valence-corrected chi connectivity index (χ0v) is 12.9. The van der Waals surface area contributed by atoms with E-state index in [1.54, 1.807) is 13.0 Å². The number of hydrogen-bond donors (Lipinski definition) is 2. The van der Waals surface area contributed by atoms with Gasteiger partial charge >= 0.3 is 0 Å². The van der Waals surface area contributed by atoms with Gasteiger partial charge in [-0.2, -0.15) is 0 Å². The van der Waals surface area contributed by atoms with Gasteiger partial charge in [0, 0.05) is 15.8 Å². The van der Waals surface area contributed by atoms with Gasteiger partial charge in [-0.1, -0.05) is 13.8 Å². The molecule has 0 radical (unpaired) electrons. The van der Waals surface area contributed by atoms with Crippen molar-refractivity contribution in [2.45, 2.75) is 45.1 Å². The van der Waals surface area contributed by atoms with E-state index in [0.29, 0.717) is 17.2 Å². The first-order chi connectivity index (χ1) is 8.26. The molecule has 1 aromatic rings. The topological polar surface area (TPSA) is 66.4 Å². The van der Waals surface area contributed by atoms with E-state index in [1.165, 1.54) is 11.3 Å². The van der Waals surface area contributed by atoms with E-state index in [9.17, 15) is 13.5 Å². The first-order valence-corrected chi connectivity index (χ1v) is 8.26. The molecule has 0 fully saturated rings. The Balaban J connectivity index is 2.90. The fourth-order valence-corrected chi connectivity index (χ4v) is 4.68. The van der Waals surface area contributed by atoms with Gasteiger partial charge in [0.25, 0.3) is 0 Å². The van der Waals surface area contributed by atoms with Crippen LogP contribution in [0.1, 0.15) is 30.0 Å². The molecule has 1 atom stereocenters. The van der Waals surface area contributed by atoms with Crippen LogP contribution in [0.15, 0.2) is 11.0 Å². The largest absolute Gasteiger partial charge is 0.395 e. The van der Waals surface area contributed by atoms with Gasteiger partial charge in [0.05, 0.1) is 11.5 Å². The second kappa shape index (κ2) is 6.14. The van der Waals surface area contributed by atoms with Gasteiger partial charge in [-0.3, -0.25) is 0 Å². The lowest BCUT2D eigenvalue weighted by atomic mass is 10.1. The Hall–Kier alpha value is -0.430. The monoisotopic (exact) mass is 291 g/mol. The van der Waals surface area contributed by atoms with Crippen molar-refractivity contribution in [2.24, 2.45) is 5.92 Å². The summed E-state index contributed by atoms with van der Waals surface area (Å²) in [5.74, 6) is 0.329. The minimum atomic E-state index is -3.53. The number of sulfonamides is 1. The molecule has 18 heavy (non-hydrogen) atoms. The number of aliphatic hydroxyl groups excluding tert-OH is 1. The highest BCUT2D eigenvalue weighted by molar-refractivity contribution is 7.89. The Bertz CT molecular complexity index is 491. The fraction of sp³-hybridized carbons (Fsp3) is 0.667. The van der Waals surface area contributed by atoms with Crippen LogP contribution in [0.5, 0.6) is 0 Å². The smallest absolute Gasteiger partial charge is 0.242 e. The first-order valence-electron chi connectivity index (χ1n) is 5.96. The molecule has 4 nitrogen and oxygen atoms in total. The molecule has 2 N–H and O–H groups in total. The van der Waals surface area contributed by atoms with E-state index < -0.39 is 16.1 Å². The van der Waals surface area contributed by atoms with Crippen molar-refractivity contribution in [1.82, 2.24) is 4.72 Å². The first kappa shape index (κ1) is 15.6. The molecule has 1 aromatic heterocycles. The molecule has 0 bridgehead atoms. The number of aliphatic hydroxyl groups is 1. The van der Waals surface area contributed by atoms with Gasteiger partial charge in [0.1, 0.15) is 0 Å². The minimum Gasteiger partial charge on any atom is -0.395 e. The summed E-state index contributed by atoms with van der Waals surface area (Å²) >= 11 is 1.46. The lowest BCUT2D eigenvalue weighted by molar-refractivity contribution is 0.240. The van der Waals surface area contributed by atoms with E-state index in [0.717, 1.165) is 9.75 Å². The lowest BCUT2D eigenvalue weighted by Crippen LogP contribution is -2.38. The van der Waals surface area contributed by atoms with Crippen LogP contribution in [0.3, 0.4) is 0 Å². The van der Waals surface area contributed by atoms with Crippen LogP contribution in [-0.2, 0) is 10.0 Å². The van der Waals surface area contributed by atoms with Gasteiger partial charge in [-0.15, -0.1) is 11.3 Å². The molecular weight excluding hydrogens is 270 g/mol. The Morgan fingerprint density at radius 2 is 2.00 bits per heavy atom. The molecule has 1 unspecified atom stereocenters. The molecule has 0 saturated carbocycles. The summed E-state index contributed by atoms with van der Waals surface area (Å²) in [7, 11) is -3.53. The molecular formula is C12H21NO3S2. The number of nitrogens with one attached hydrogen (secondary N) is 1.